The van der Waals surface area contributed by atoms with Crippen LogP contribution in [0.15, 0.2) is 48.7 Å². The molecule has 2 N–H and O–H groups in total. The van der Waals surface area contributed by atoms with Crippen LogP contribution in [0.3, 0.4) is 0 Å². The van der Waals surface area contributed by atoms with Gasteiger partial charge in [0.25, 0.3) is 5.91 Å². The molecule has 2 aromatic heterocycles. The molecule has 4 rings (SSSR count). The molecule has 1 aliphatic heterocycles. The van der Waals surface area contributed by atoms with E-state index >= 15 is 0 Å². The van der Waals surface area contributed by atoms with Gasteiger partial charge in [-0.25, -0.2) is 4.39 Å². The van der Waals surface area contributed by atoms with Crippen LogP contribution in [-0.2, 0) is 17.0 Å². The Kier molecular flexibility index (Phi) is 7.03. The smallest absolute Gasteiger partial charge is 0.255 e. The number of nitrogens with one attached hydrogen (secondary N) is 2. The van der Waals surface area contributed by atoms with E-state index in [9.17, 15) is 9.18 Å². The molecule has 0 unspecified atom stereocenters. The minimum Gasteiger partial charge on any atom is -0.378 e. The molecule has 0 aliphatic carbocycles. The van der Waals surface area contributed by atoms with E-state index in [1.54, 1.807) is 6.07 Å². The van der Waals surface area contributed by atoms with E-state index in [1.165, 1.54) is 26.1 Å². The predicted molar refractivity (Wildman–Crippen MR) is 135 cm³/mol. The zero-order valence-corrected chi connectivity index (χ0v) is 20.7. The molecule has 0 spiro atoms. The summed E-state index contributed by atoms with van der Waals surface area (Å²) in [5.41, 5.74) is 2.86. The van der Waals surface area contributed by atoms with Gasteiger partial charge >= 0.3 is 0 Å². The van der Waals surface area contributed by atoms with Crippen molar-refractivity contribution in [1.82, 2.24) is 9.55 Å². The Balaban J connectivity index is 1.67. The second-order valence-electron chi connectivity index (χ2n) is 9.22. The number of pyridine rings is 2. The van der Waals surface area contributed by atoms with Crippen LogP contribution in [0.5, 0.6) is 0 Å². The summed E-state index contributed by atoms with van der Waals surface area (Å²) in [6.07, 6.45) is 1.45. The standard InChI is InChI=1S/C27H32FN5O2/c1-5-33-24(29)15-20(16-25(33)32-10-12-35-13-11-32)22-17-21(7-6-18(22)2)31-26(34)19-8-9-30-23(14-19)27(3,4)28/h6-9,14-17,29H,5,10-13H2,1-4H3,(H,31,34). The Morgan fingerprint density at radius 2 is 1.91 bits per heavy atom. The van der Waals surface area contributed by atoms with Crippen molar-refractivity contribution in [2.45, 2.75) is 39.9 Å². The molecule has 8 heteroatoms. The number of halogens is 1. The maximum absolute atomic E-state index is 14.3. The quantitative estimate of drug-likeness (QED) is 0.541. The van der Waals surface area contributed by atoms with E-state index in [0.717, 1.165) is 35.6 Å². The second-order valence-corrected chi connectivity index (χ2v) is 9.22. The van der Waals surface area contributed by atoms with Crippen LogP contribution in [0.4, 0.5) is 15.9 Å². The molecular weight excluding hydrogens is 445 g/mol. The minimum absolute atomic E-state index is 0.210. The molecule has 35 heavy (non-hydrogen) atoms. The molecule has 0 saturated carbocycles. The molecule has 3 heterocycles. The molecule has 1 amide bonds. The summed E-state index contributed by atoms with van der Waals surface area (Å²) < 4.78 is 21.8. The Bertz CT molecular complexity index is 1290. The number of hydrogen-bond donors (Lipinski definition) is 2. The number of aryl methyl sites for hydroxylation is 1. The Morgan fingerprint density at radius 3 is 2.60 bits per heavy atom. The van der Waals surface area contributed by atoms with E-state index < -0.39 is 5.67 Å². The number of rotatable bonds is 6. The molecule has 1 aliphatic rings. The molecule has 184 valence electrons. The molecule has 1 aromatic carbocycles. The largest absolute Gasteiger partial charge is 0.378 e. The van der Waals surface area contributed by atoms with E-state index in [4.69, 9.17) is 10.1 Å². The number of morpholine rings is 1. The van der Waals surface area contributed by atoms with Crippen LogP contribution < -0.4 is 15.7 Å². The number of ether oxygens (including phenoxy) is 1. The van der Waals surface area contributed by atoms with E-state index in [1.807, 2.05) is 42.7 Å². The van der Waals surface area contributed by atoms with Crippen LogP contribution in [0.1, 0.15) is 42.4 Å². The average molecular weight is 478 g/mol. The van der Waals surface area contributed by atoms with Gasteiger partial charge in [0.05, 0.1) is 18.9 Å². The minimum atomic E-state index is -1.64. The lowest BCUT2D eigenvalue weighted by Gasteiger charge is -2.31. The first kappa shape index (κ1) is 24.6. The first-order chi connectivity index (χ1) is 16.7. The maximum Gasteiger partial charge on any atom is 0.255 e. The molecule has 0 radical (unpaired) electrons. The van der Waals surface area contributed by atoms with Crippen LogP contribution in [0.25, 0.3) is 11.1 Å². The van der Waals surface area contributed by atoms with Crippen molar-refractivity contribution >= 4 is 17.4 Å². The van der Waals surface area contributed by atoms with Gasteiger partial charge in [-0.2, -0.15) is 0 Å². The van der Waals surface area contributed by atoms with Crippen molar-refractivity contribution in [1.29, 1.82) is 5.41 Å². The lowest BCUT2D eigenvalue weighted by atomic mass is 10.00. The van der Waals surface area contributed by atoms with Crippen LogP contribution in [-0.4, -0.2) is 41.8 Å². The fourth-order valence-electron chi connectivity index (χ4n) is 4.26. The third-order valence-electron chi connectivity index (χ3n) is 6.23. The molecule has 0 bridgehead atoms. The van der Waals surface area contributed by atoms with Gasteiger partial charge in [0.1, 0.15) is 17.0 Å². The lowest BCUT2D eigenvalue weighted by molar-refractivity contribution is 0.102. The van der Waals surface area contributed by atoms with Gasteiger partial charge in [-0.05, 0) is 80.8 Å². The highest BCUT2D eigenvalue weighted by atomic mass is 19.1. The van der Waals surface area contributed by atoms with Crippen LogP contribution >= 0.6 is 0 Å². The summed E-state index contributed by atoms with van der Waals surface area (Å²) in [6, 6.07) is 12.7. The fourth-order valence-corrected chi connectivity index (χ4v) is 4.26. The SMILES string of the molecule is CCn1c(N2CCOCC2)cc(-c2cc(NC(=O)c3ccnc(C(C)(C)F)c3)ccc2C)cc1=N. The number of carbonyl (C=O) groups excluding carboxylic acids is 1. The van der Waals surface area contributed by atoms with Crippen molar-refractivity contribution in [3.63, 3.8) is 0 Å². The van der Waals surface area contributed by atoms with Gasteiger partial charge in [0.2, 0.25) is 0 Å². The number of nitrogens with zero attached hydrogens (tertiary/aromatic N) is 3. The number of anilines is 2. The fraction of sp³-hybridized carbons (Fsp3) is 0.370. The highest BCUT2D eigenvalue weighted by Gasteiger charge is 2.22. The summed E-state index contributed by atoms with van der Waals surface area (Å²) in [7, 11) is 0. The molecule has 1 saturated heterocycles. The molecule has 3 aromatic rings. The Labute approximate surface area is 205 Å². The highest BCUT2D eigenvalue weighted by Crippen LogP contribution is 2.29. The Hall–Kier alpha value is -3.52. The van der Waals surface area contributed by atoms with Crippen LogP contribution in [0.2, 0.25) is 0 Å². The van der Waals surface area contributed by atoms with Crippen molar-refractivity contribution in [2.75, 3.05) is 36.5 Å². The number of alkyl halides is 1. The molecule has 1 fully saturated rings. The highest BCUT2D eigenvalue weighted by molar-refractivity contribution is 6.04. The number of benzene rings is 1. The van der Waals surface area contributed by atoms with Gasteiger partial charge in [-0.1, -0.05) is 6.07 Å². The first-order valence-electron chi connectivity index (χ1n) is 11.9. The van der Waals surface area contributed by atoms with Gasteiger partial charge < -0.3 is 19.5 Å². The second kappa shape index (κ2) is 10.00. The van der Waals surface area contributed by atoms with E-state index in [2.05, 4.69) is 21.3 Å². The Morgan fingerprint density at radius 1 is 1.17 bits per heavy atom. The van der Waals surface area contributed by atoms with E-state index in [0.29, 0.717) is 36.5 Å². The van der Waals surface area contributed by atoms with Gasteiger partial charge in [0.15, 0.2) is 0 Å². The summed E-state index contributed by atoms with van der Waals surface area (Å²) in [5.74, 6) is 0.657. The maximum atomic E-state index is 14.3. The van der Waals surface area contributed by atoms with Crippen molar-refractivity contribution in [3.05, 3.63) is 71.0 Å². The number of hydrogen-bond acceptors (Lipinski definition) is 5. The van der Waals surface area contributed by atoms with E-state index in [-0.39, 0.29) is 11.6 Å². The third kappa shape index (κ3) is 5.43. The summed E-state index contributed by atoms with van der Waals surface area (Å²) in [6.45, 7) is 10.5. The topological polar surface area (TPSA) is 83.2 Å². The lowest BCUT2D eigenvalue weighted by Crippen LogP contribution is -2.39. The first-order valence-corrected chi connectivity index (χ1v) is 11.9. The zero-order valence-electron chi connectivity index (χ0n) is 20.7. The molecular formula is C27H32FN5O2. The average Bonchev–Trinajstić information content (AvgIpc) is 2.84. The van der Waals surface area contributed by atoms with Crippen molar-refractivity contribution < 1.29 is 13.9 Å². The van der Waals surface area contributed by atoms with Crippen molar-refractivity contribution in [3.8, 4) is 11.1 Å². The number of carbonyl (C=O) groups is 1. The monoisotopic (exact) mass is 477 g/mol. The van der Waals surface area contributed by atoms with Crippen molar-refractivity contribution in [2.24, 2.45) is 0 Å². The third-order valence-corrected chi connectivity index (χ3v) is 6.23. The molecule has 0 atom stereocenters. The summed E-state index contributed by atoms with van der Waals surface area (Å²) in [4.78, 5) is 19.2. The summed E-state index contributed by atoms with van der Waals surface area (Å²) >= 11 is 0. The summed E-state index contributed by atoms with van der Waals surface area (Å²) in [5, 5.41) is 11.6. The van der Waals surface area contributed by atoms with Gasteiger partial charge in [0, 0.05) is 37.1 Å². The zero-order chi connectivity index (χ0) is 25.2. The van der Waals surface area contributed by atoms with Gasteiger partial charge in [-0.15, -0.1) is 0 Å². The molecule has 7 nitrogen and oxygen atoms in total. The van der Waals surface area contributed by atoms with Crippen LogP contribution in [0, 0.1) is 12.3 Å². The predicted octanol–water partition coefficient (Wildman–Crippen LogP) is 4.65. The number of aromatic nitrogens is 2. The number of amides is 1. The normalized spacial score (nSPS) is 14.1. The van der Waals surface area contributed by atoms with Gasteiger partial charge in [-0.3, -0.25) is 15.2 Å².